The van der Waals surface area contributed by atoms with Gasteiger partial charge in [0, 0.05) is 31.1 Å². The maximum absolute atomic E-state index is 11.9. The van der Waals surface area contributed by atoms with Crippen LogP contribution in [0.15, 0.2) is 30.3 Å². The van der Waals surface area contributed by atoms with Crippen molar-refractivity contribution in [1.29, 1.82) is 0 Å². The molecule has 1 aliphatic heterocycles. The number of hydrogen-bond acceptors (Lipinski definition) is 2. The minimum atomic E-state index is 0.121. The molecule has 20 heavy (non-hydrogen) atoms. The summed E-state index contributed by atoms with van der Waals surface area (Å²) in [6, 6.07) is 11.3. The second kappa shape index (κ2) is 6.89. The second-order valence-electron chi connectivity index (χ2n) is 5.89. The molecule has 1 aromatic carbocycles. The standard InChI is InChI=1S/C17H26N2O/c1-4-13(2)17(20)18-16-10-11-19(12-16)14(3)15-8-6-5-7-9-15/h5-9,13-14,16H,4,10-12H2,1-3H3,(H,18,20)/t13-,14-,16+/m0/s1. The summed E-state index contributed by atoms with van der Waals surface area (Å²) in [5, 5.41) is 3.19. The molecule has 1 fully saturated rings. The van der Waals surface area contributed by atoms with Crippen molar-refractivity contribution in [3.05, 3.63) is 35.9 Å². The monoisotopic (exact) mass is 274 g/mol. The van der Waals surface area contributed by atoms with E-state index in [9.17, 15) is 4.79 Å². The van der Waals surface area contributed by atoms with Gasteiger partial charge in [-0.05, 0) is 25.3 Å². The van der Waals surface area contributed by atoms with E-state index >= 15 is 0 Å². The maximum atomic E-state index is 11.9. The SMILES string of the molecule is CC[C@H](C)C(=O)N[C@@H]1CCN([C@@H](C)c2ccccc2)C1. The first-order valence-corrected chi connectivity index (χ1v) is 7.71. The normalized spacial score (nSPS) is 22.4. The van der Waals surface area contributed by atoms with Crippen LogP contribution in [-0.2, 0) is 4.79 Å². The molecule has 3 heteroatoms. The number of likely N-dealkylation sites (tertiary alicyclic amines) is 1. The Morgan fingerprint density at radius 2 is 2.05 bits per heavy atom. The van der Waals surface area contributed by atoms with Crippen LogP contribution < -0.4 is 5.32 Å². The summed E-state index contributed by atoms with van der Waals surface area (Å²) in [7, 11) is 0. The fourth-order valence-electron chi connectivity index (χ4n) is 2.73. The predicted molar refractivity (Wildman–Crippen MR) is 82.4 cm³/mol. The molecular formula is C17H26N2O. The fraction of sp³-hybridized carbons (Fsp3) is 0.588. The highest BCUT2D eigenvalue weighted by Crippen LogP contribution is 2.24. The number of nitrogens with one attached hydrogen (secondary N) is 1. The van der Waals surface area contributed by atoms with Gasteiger partial charge in [0.05, 0.1) is 0 Å². The van der Waals surface area contributed by atoms with Gasteiger partial charge in [0.2, 0.25) is 5.91 Å². The third-order valence-corrected chi connectivity index (χ3v) is 4.46. The van der Waals surface area contributed by atoms with E-state index in [0.29, 0.717) is 12.1 Å². The molecule has 1 aliphatic rings. The summed E-state index contributed by atoms with van der Waals surface area (Å²) < 4.78 is 0. The minimum Gasteiger partial charge on any atom is -0.352 e. The number of carbonyl (C=O) groups excluding carboxylic acids is 1. The van der Waals surface area contributed by atoms with Gasteiger partial charge in [-0.15, -0.1) is 0 Å². The van der Waals surface area contributed by atoms with Crippen LogP contribution in [-0.4, -0.2) is 29.9 Å². The van der Waals surface area contributed by atoms with E-state index < -0.39 is 0 Å². The van der Waals surface area contributed by atoms with E-state index in [2.05, 4.69) is 54.4 Å². The molecule has 0 aromatic heterocycles. The lowest BCUT2D eigenvalue weighted by atomic mass is 10.1. The zero-order valence-corrected chi connectivity index (χ0v) is 12.8. The topological polar surface area (TPSA) is 32.3 Å². The van der Waals surface area contributed by atoms with Crippen molar-refractivity contribution in [2.45, 2.75) is 45.7 Å². The average molecular weight is 274 g/mol. The molecule has 0 spiro atoms. The lowest BCUT2D eigenvalue weighted by Gasteiger charge is -2.25. The molecule has 1 N–H and O–H groups in total. The Balaban J connectivity index is 1.88. The maximum Gasteiger partial charge on any atom is 0.223 e. The van der Waals surface area contributed by atoms with Gasteiger partial charge < -0.3 is 5.32 Å². The average Bonchev–Trinajstić information content (AvgIpc) is 2.94. The lowest BCUT2D eigenvalue weighted by molar-refractivity contribution is -0.125. The number of rotatable bonds is 5. The molecule has 1 saturated heterocycles. The molecule has 0 radical (unpaired) electrons. The minimum absolute atomic E-state index is 0.121. The number of hydrogen-bond donors (Lipinski definition) is 1. The van der Waals surface area contributed by atoms with E-state index in [1.165, 1.54) is 5.56 Å². The van der Waals surface area contributed by atoms with E-state index in [-0.39, 0.29) is 11.8 Å². The van der Waals surface area contributed by atoms with Crippen LogP contribution >= 0.6 is 0 Å². The van der Waals surface area contributed by atoms with Gasteiger partial charge in [-0.1, -0.05) is 44.2 Å². The van der Waals surface area contributed by atoms with Crippen molar-refractivity contribution in [2.24, 2.45) is 5.92 Å². The van der Waals surface area contributed by atoms with Crippen molar-refractivity contribution in [2.75, 3.05) is 13.1 Å². The first-order valence-electron chi connectivity index (χ1n) is 7.71. The Bertz CT molecular complexity index is 432. The molecular weight excluding hydrogens is 248 g/mol. The molecule has 0 bridgehead atoms. The van der Waals surface area contributed by atoms with Crippen LogP contribution in [0.4, 0.5) is 0 Å². The van der Waals surface area contributed by atoms with Gasteiger partial charge in [-0.2, -0.15) is 0 Å². The van der Waals surface area contributed by atoms with E-state index in [1.807, 2.05) is 6.92 Å². The fourth-order valence-corrected chi connectivity index (χ4v) is 2.73. The summed E-state index contributed by atoms with van der Waals surface area (Å²) in [4.78, 5) is 14.4. The first-order chi connectivity index (χ1) is 9.61. The largest absolute Gasteiger partial charge is 0.352 e. The Labute approximate surface area is 122 Å². The van der Waals surface area contributed by atoms with Gasteiger partial charge >= 0.3 is 0 Å². The molecule has 0 unspecified atom stereocenters. The van der Waals surface area contributed by atoms with Crippen molar-refractivity contribution < 1.29 is 4.79 Å². The van der Waals surface area contributed by atoms with Crippen LogP contribution in [0.1, 0.15) is 45.2 Å². The summed E-state index contributed by atoms with van der Waals surface area (Å²) in [6.07, 6.45) is 1.96. The third-order valence-electron chi connectivity index (χ3n) is 4.46. The highest BCUT2D eigenvalue weighted by molar-refractivity contribution is 5.78. The molecule has 1 amide bonds. The van der Waals surface area contributed by atoms with Crippen LogP contribution in [0, 0.1) is 5.92 Å². The number of carbonyl (C=O) groups is 1. The number of nitrogens with zero attached hydrogens (tertiary/aromatic N) is 1. The van der Waals surface area contributed by atoms with E-state index in [0.717, 1.165) is 25.9 Å². The zero-order valence-electron chi connectivity index (χ0n) is 12.8. The molecule has 0 saturated carbocycles. The molecule has 0 aliphatic carbocycles. The summed E-state index contributed by atoms with van der Waals surface area (Å²) in [5.41, 5.74) is 1.35. The Morgan fingerprint density at radius 1 is 1.35 bits per heavy atom. The van der Waals surface area contributed by atoms with Gasteiger partial charge in [-0.25, -0.2) is 0 Å². The van der Waals surface area contributed by atoms with Crippen LogP contribution in [0.25, 0.3) is 0 Å². The smallest absolute Gasteiger partial charge is 0.223 e. The molecule has 3 atom stereocenters. The molecule has 1 heterocycles. The summed E-state index contributed by atoms with van der Waals surface area (Å²) in [5.74, 6) is 0.322. The number of benzene rings is 1. The third kappa shape index (κ3) is 3.60. The highest BCUT2D eigenvalue weighted by atomic mass is 16.1. The van der Waals surface area contributed by atoms with E-state index in [1.54, 1.807) is 0 Å². The van der Waals surface area contributed by atoms with Gasteiger partial charge in [0.15, 0.2) is 0 Å². The quantitative estimate of drug-likeness (QED) is 0.895. The van der Waals surface area contributed by atoms with Gasteiger partial charge in [0.1, 0.15) is 0 Å². The van der Waals surface area contributed by atoms with Crippen LogP contribution in [0.2, 0.25) is 0 Å². The van der Waals surface area contributed by atoms with Crippen molar-refractivity contribution in [3.63, 3.8) is 0 Å². The Hall–Kier alpha value is -1.35. The van der Waals surface area contributed by atoms with Crippen LogP contribution in [0.5, 0.6) is 0 Å². The zero-order chi connectivity index (χ0) is 14.5. The van der Waals surface area contributed by atoms with Crippen molar-refractivity contribution in [1.82, 2.24) is 10.2 Å². The van der Waals surface area contributed by atoms with Gasteiger partial charge in [-0.3, -0.25) is 9.69 Å². The summed E-state index contributed by atoms with van der Waals surface area (Å²) >= 11 is 0. The van der Waals surface area contributed by atoms with Crippen molar-refractivity contribution in [3.8, 4) is 0 Å². The molecule has 1 aromatic rings. The predicted octanol–water partition coefficient (Wildman–Crippen LogP) is 2.98. The summed E-state index contributed by atoms with van der Waals surface area (Å²) in [6.45, 7) is 8.31. The highest BCUT2D eigenvalue weighted by Gasteiger charge is 2.28. The van der Waals surface area contributed by atoms with Gasteiger partial charge in [0.25, 0.3) is 0 Å². The Kier molecular flexibility index (Phi) is 5.18. The molecule has 110 valence electrons. The lowest BCUT2D eigenvalue weighted by Crippen LogP contribution is -2.40. The van der Waals surface area contributed by atoms with Crippen LogP contribution in [0.3, 0.4) is 0 Å². The van der Waals surface area contributed by atoms with E-state index in [4.69, 9.17) is 0 Å². The Morgan fingerprint density at radius 3 is 2.70 bits per heavy atom. The molecule has 2 rings (SSSR count). The number of amides is 1. The molecule has 3 nitrogen and oxygen atoms in total. The second-order valence-corrected chi connectivity index (χ2v) is 5.89. The van der Waals surface area contributed by atoms with Crippen molar-refractivity contribution >= 4 is 5.91 Å². The first kappa shape index (κ1) is 15.0.